The van der Waals surface area contributed by atoms with Gasteiger partial charge in [-0.25, -0.2) is 0 Å². The first-order valence-electron chi connectivity index (χ1n) is 8.27. The smallest absolute Gasteiger partial charge is 0.261 e. The second-order valence-electron chi connectivity index (χ2n) is 6.19. The highest BCUT2D eigenvalue weighted by molar-refractivity contribution is 7.18. The van der Waals surface area contributed by atoms with Crippen molar-refractivity contribution in [3.05, 3.63) is 62.2 Å². The first kappa shape index (κ1) is 16.4. The molecule has 1 N–H and O–H groups in total. The van der Waals surface area contributed by atoms with Crippen molar-refractivity contribution in [1.29, 1.82) is 0 Å². The van der Waals surface area contributed by atoms with Crippen LogP contribution in [-0.2, 0) is 19.4 Å². The molecule has 2 aromatic heterocycles. The van der Waals surface area contributed by atoms with Gasteiger partial charge in [0.15, 0.2) is 0 Å². The van der Waals surface area contributed by atoms with Crippen LogP contribution in [0.2, 0.25) is 0 Å². The summed E-state index contributed by atoms with van der Waals surface area (Å²) in [4.78, 5) is 17.4. The molecule has 128 valence electrons. The maximum absolute atomic E-state index is 12.6. The number of fused-ring (bicyclic) bond motifs is 3. The van der Waals surface area contributed by atoms with Crippen LogP contribution in [0.3, 0.4) is 0 Å². The summed E-state index contributed by atoms with van der Waals surface area (Å²) in [7, 11) is 1.65. The lowest BCUT2D eigenvalue weighted by Gasteiger charge is -2.10. The van der Waals surface area contributed by atoms with Gasteiger partial charge in [-0.1, -0.05) is 12.1 Å². The zero-order valence-corrected chi connectivity index (χ0v) is 15.9. The van der Waals surface area contributed by atoms with Crippen LogP contribution in [0.1, 0.15) is 30.6 Å². The van der Waals surface area contributed by atoms with Gasteiger partial charge in [-0.2, -0.15) is 0 Å². The molecule has 0 radical (unpaired) electrons. The second-order valence-corrected chi connectivity index (χ2v) is 8.58. The lowest BCUT2D eigenvalue weighted by molar-refractivity contribution is 0.0955. The molecule has 5 heteroatoms. The molecule has 3 aromatic rings. The van der Waals surface area contributed by atoms with Gasteiger partial charge in [0.05, 0.1) is 12.0 Å². The van der Waals surface area contributed by atoms with Gasteiger partial charge in [-0.15, -0.1) is 22.7 Å². The van der Waals surface area contributed by atoms with E-state index in [9.17, 15) is 4.79 Å². The van der Waals surface area contributed by atoms with E-state index in [1.807, 2.05) is 35.6 Å². The molecule has 3 nitrogen and oxygen atoms in total. The van der Waals surface area contributed by atoms with Crippen molar-refractivity contribution in [1.82, 2.24) is 5.32 Å². The highest BCUT2D eigenvalue weighted by Crippen LogP contribution is 2.43. The normalized spacial score (nSPS) is 12.4. The van der Waals surface area contributed by atoms with Gasteiger partial charge in [0, 0.05) is 26.7 Å². The lowest BCUT2D eigenvalue weighted by atomic mass is 9.98. The fourth-order valence-electron chi connectivity index (χ4n) is 3.16. The molecule has 0 saturated heterocycles. The summed E-state index contributed by atoms with van der Waals surface area (Å²) in [5.74, 6) is 0.826. The number of benzene rings is 1. The van der Waals surface area contributed by atoms with Crippen LogP contribution in [0.4, 0.5) is 0 Å². The summed E-state index contributed by atoms with van der Waals surface area (Å²) in [6.45, 7) is 2.67. The molecule has 2 heterocycles. The molecule has 0 bridgehead atoms. The van der Waals surface area contributed by atoms with Crippen LogP contribution in [0.5, 0.6) is 5.75 Å². The summed E-state index contributed by atoms with van der Waals surface area (Å²) in [5.41, 5.74) is 3.71. The minimum Gasteiger partial charge on any atom is -0.497 e. The fraction of sp³-hybridized carbons (Fsp3) is 0.250. The predicted molar refractivity (Wildman–Crippen MR) is 104 cm³/mol. The number of carbonyl (C=O) groups excluding carboxylic acids is 1. The Kier molecular flexibility index (Phi) is 4.36. The lowest BCUT2D eigenvalue weighted by Crippen LogP contribution is -2.21. The zero-order valence-electron chi connectivity index (χ0n) is 14.2. The van der Waals surface area contributed by atoms with E-state index in [0.717, 1.165) is 29.0 Å². The Bertz CT molecular complexity index is 922. The molecule has 0 spiro atoms. The molecule has 25 heavy (non-hydrogen) atoms. The minimum atomic E-state index is 0.00344. The number of nitrogens with one attached hydrogen (secondary N) is 1. The van der Waals surface area contributed by atoms with Gasteiger partial charge in [-0.3, -0.25) is 4.79 Å². The van der Waals surface area contributed by atoms with Crippen LogP contribution in [-0.4, -0.2) is 13.0 Å². The Morgan fingerprint density at radius 1 is 1.16 bits per heavy atom. The third-order valence-electron chi connectivity index (χ3n) is 4.44. The summed E-state index contributed by atoms with van der Waals surface area (Å²) < 4.78 is 5.16. The standard InChI is InChI=1S/C20H19NO2S2/c1-12-9-16-17(24-12)8-5-14-10-18(25-19(14)16)20(22)21-11-13-3-6-15(23-2)7-4-13/h3-4,6-7,9-10H,5,8,11H2,1-2H3,(H,21,22). The maximum atomic E-state index is 12.6. The van der Waals surface area contributed by atoms with Crippen molar-refractivity contribution in [2.24, 2.45) is 0 Å². The van der Waals surface area contributed by atoms with E-state index >= 15 is 0 Å². The minimum absolute atomic E-state index is 0.00344. The van der Waals surface area contributed by atoms with E-state index in [1.54, 1.807) is 18.4 Å². The number of methoxy groups -OCH3 is 1. The third kappa shape index (κ3) is 3.22. The van der Waals surface area contributed by atoms with E-state index in [2.05, 4.69) is 24.4 Å². The van der Waals surface area contributed by atoms with Crippen molar-refractivity contribution in [2.75, 3.05) is 7.11 Å². The Balaban J connectivity index is 1.49. The van der Waals surface area contributed by atoms with Gasteiger partial charge < -0.3 is 10.1 Å². The zero-order chi connectivity index (χ0) is 17.4. The average molecular weight is 370 g/mol. The van der Waals surface area contributed by atoms with Crippen LogP contribution in [0.25, 0.3) is 10.4 Å². The van der Waals surface area contributed by atoms with Crippen molar-refractivity contribution < 1.29 is 9.53 Å². The topological polar surface area (TPSA) is 38.3 Å². The molecular formula is C20H19NO2S2. The van der Waals surface area contributed by atoms with Gasteiger partial charge in [0.1, 0.15) is 5.75 Å². The van der Waals surface area contributed by atoms with Crippen molar-refractivity contribution in [2.45, 2.75) is 26.3 Å². The molecule has 0 fully saturated rings. The van der Waals surface area contributed by atoms with Gasteiger partial charge in [0.2, 0.25) is 0 Å². The Morgan fingerprint density at radius 2 is 1.96 bits per heavy atom. The summed E-state index contributed by atoms with van der Waals surface area (Å²) in [6.07, 6.45) is 2.12. The summed E-state index contributed by atoms with van der Waals surface area (Å²) in [6, 6.07) is 12.1. The summed E-state index contributed by atoms with van der Waals surface area (Å²) in [5, 5.41) is 3.02. The predicted octanol–water partition coefficient (Wildman–Crippen LogP) is 4.82. The molecule has 0 saturated carbocycles. The number of hydrogen-bond donors (Lipinski definition) is 1. The van der Waals surface area contributed by atoms with E-state index in [4.69, 9.17) is 4.74 Å². The Morgan fingerprint density at radius 3 is 2.72 bits per heavy atom. The summed E-state index contributed by atoms with van der Waals surface area (Å²) >= 11 is 3.49. The van der Waals surface area contributed by atoms with Gasteiger partial charge >= 0.3 is 0 Å². The van der Waals surface area contributed by atoms with Crippen LogP contribution in [0, 0.1) is 6.92 Å². The first-order chi connectivity index (χ1) is 12.1. The highest BCUT2D eigenvalue weighted by Gasteiger charge is 2.23. The number of rotatable bonds is 4. The molecule has 1 amide bonds. The van der Waals surface area contributed by atoms with Crippen LogP contribution in [0.15, 0.2) is 36.4 Å². The van der Waals surface area contributed by atoms with E-state index in [-0.39, 0.29) is 5.91 Å². The molecule has 0 unspecified atom stereocenters. The second kappa shape index (κ2) is 6.65. The number of thiophene rings is 2. The third-order valence-corrected chi connectivity index (χ3v) is 6.76. The first-order valence-corrected chi connectivity index (χ1v) is 9.91. The van der Waals surface area contributed by atoms with Crippen LogP contribution >= 0.6 is 22.7 Å². The van der Waals surface area contributed by atoms with Crippen molar-refractivity contribution >= 4 is 28.6 Å². The van der Waals surface area contributed by atoms with Crippen molar-refractivity contribution in [3.8, 4) is 16.2 Å². The fourth-order valence-corrected chi connectivity index (χ4v) is 5.43. The number of carbonyl (C=O) groups is 1. The molecule has 1 aliphatic carbocycles. The van der Waals surface area contributed by atoms with Gasteiger partial charge in [-0.05, 0) is 55.2 Å². The molecular weight excluding hydrogens is 350 g/mol. The monoisotopic (exact) mass is 369 g/mol. The largest absolute Gasteiger partial charge is 0.497 e. The molecule has 1 aliphatic rings. The molecule has 0 aliphatic heterocycles. The van der Waals surface area contributed by atoms with E-state index < -0.39 is 0 Å². The number of hydrogen-bond acceptors (Lipinski definition) is 4. The van der Waals surface area contributed by atoms with Crippen molar-refractivity contribution in [3.63, 3.8) is 0 Å². The average Bonchev–Trinajstić information content (AvgIpc) is 3.22. The van der Waals surface area contributed by atoms with E-state index in [0.29, 0.717) is 6.54 Å². The number of amides is 1. The highest BCUT2D eigenvalue weighted by atomic mass is 32.1. The maximum Gasteiger partial charge on any atom is 0.261 e. The Labute approximate surface area is 155 Å². The molecule has 0 atom stereocenters. The van der Waals surface area contributed by atoms with Crippen LogP contribution < -0.4 is 10.1 Å². The number of ether oxygens (including phenoxy) is 1. The SMILES string of the molecule is COc1ccc(CNC(=O)c2cc3c(s2)-c2cc(C)sc2CC3)cc1. The Hall–Kier alpha value is -2.11. The van der Waals surface area contributed by atoms with E-state index in [1.165, 1.54) is 25.8 Å². The van der Waals surface area contributed by atoms with Gasteiger partial charge in [0.25, 0.3) is 5.91 Å². The number of aryl methyl sites for hydroxylation is 3. The molecule has 4 rings (SSSR count). The molecule has 1 aromatic carbocycles. The quantitative estimate of drug-likeness (QED) is 0.716.